The third-order valence-corrected chi connectivity index (χ3v) is 2.86. The molecule has 1 rings (SSSR count). The van der Waals surface area contributed by atoms with Gasteiger partial charge in [0.15, 0.2) is 0 Å². The van der Waals surface area contributed by atoms with E-state index in [0.717, 1.165) is 12.2 Å². The average Bonchev–Trinajstić information content (AvgIpc) is 2.30. The summed E-state index contributed by atoms with van der Waals surface area (Å²) in [6.45, 7) is 9.77. The number of rotatable bonds is 5. The summed E-state index contributed by atoms with van der Waals surface area (Å²) in [6.07, 6.45) is 3.12. The van der Waals surface area contributed by atoms with Crippen LogP contribution >= 0.6 is 0 Å². The van der Waals surface area contributed by atoms with Crippen molar-refractivity contribution in [3.8, 4) is 5.75 Å². The molecule has 2 heteroatoms. The molecule has 0 aliphatic rings. The van der Waals surface area contributed by atoms with Gasteiger partial charge in [-0.15, -0.1) is 0 Å². The number of nitrogens with two attached hydrogens (primary N) is 1. The van der Waals surface area contributed by atoms with Gasteiger partial charge in [0.25, 0.3) is 0 Å². The number of hydrogen-bond donors (Lipinski definition) is 1. The Balaban J connectivity index is 3.06. The van der Waals surface area contributed by atoms with Crippen molar-refractivity contribution in [3.63, 3.8) is 0 Å². The fourth-order valence-corrected chi connectivity index (χ4v) is 1.94. The Morgan fingerprint density at radius 1 is 1.29 bits per heavy atom. The number of aryl methyl sites for hydroxylation is 2. The Kier molecular flexibility index (Phi) is 5.23. The second kappa shape index (κ2) is 6.45. The molecule has 17 heavy (non-hydrogen) atoms. The highest BCUT2D eigenvalue weighted by atomic mass is 16.5. The van der Waals surface area contributed by atoms with E-state index in [1.54, 1.807) is 0 Å². The van der Waals surface area contributed by atoms with E-state index in [0.29, 0.717) is 13.2 Å². The number of allylic oxidation sites excluding steroid dienone is 1. The summed E-state index contributed by atoms with van der Waals surface area (Å²) < 4.78 is 5.59. The predicted octanol–water partition coefficient (Wildman–Crippen LogP) is 3.45. The van der Waals surface area contributed by atoms with Gasteiger partial charge in [0, 0.05) is 0 Å². The molecule has 94 valence electrons. The maximum absolute atomic E-state index is 5.59. The molecule has 0 saturated heterocycles. The van der Waals surface area contributed by atoms with Crippen LogP contribution < -0.4 is 10.5 Å². The van der Waals surface area contributed by atoms with Gasteiger partial charge < -0.3 is 10.5 Å². The van der Waals surface area contributed by atoms with E-state index in [4.69, 9.17) is 10.5 Å². The number of ether oxygens (including phenoxy) is 1. The predicted molar refractivity (Wildman–Crippen MR) is 74.4 cm³/mol. The minimum atomic E-state index is 0.701. The zero-order valence-electron chi connectivity index (χ0n) is 11.3. The molecule has 0 amide bonds. The number of benzene rings is 1. The summed E-state index contributed by atoms with van der Waals surface area (Å²) in [6, 6.07) is 4.32. The van der Waals surface area contributed by atoms with E-state index in [1.807, 2.05) is 6.92 Å². The lowest BCUT2D eigenvalue weighted by Crippen LogP contribution is -1.98. The monoisotopic (exact) mass is 233 g/mol. The first-order valence-electron chi connectivity index (χ1n) is 6.21. The van der Waals surface area contributed by atoms with Crippen LogP contribution in [0.5, 0.6) is 5.75 Å². The van der Waals surface area contributed by atoms with Gasteiger partial charge in [-0.05, 0) is 75.1 Å². The first kappa shape index (κ1) is 13.8. The topological polar surface area (TPSA) is 35.2 Å². The van der Waals surface area contributed by atoms with Crippen LogP contribution in [0.3, 0.4) is 0 Å². The van der Waals surface area contributed by atoms with Crippen LogP contribution in [0.1, 0.15) is 37.0 Å². The highest BCUT2D eigenvalue weighted by molar-refractivity contribution is 5.68. The molecule has 0 saturated carbocycles. The van der Waals surface area contributed by atoms with Gasteiger partial charge in [0.2, 0.25) is 0 Å². The van der Waals surface area contributed by atoms with Gasteiger partial charge in [-0.25, -0.2) is 0 Å². The molecular formula is C15H23NO. The largest absolute Gasteiger partial charge is 0.494 e. The Hall–Kier alpha value is -1.28. The van der Waals surface area contributed by atoms with Crippen molar-refractivity contribution in [3.05, 3.63) is 34.9 Å². The van der Waals surface area contributed by atoms with Crippen LogP contribution in [0.2, 0.25) is 0 Å². The lowest BCUT2D eigenvalue weighted by atomic mass is 9.98. The summed E-state index contributed by atoms with van der Waals surface area (Å²) in [5.74, 6) is 0.986. The smallest absolute Gasteiger partial charge is 0.122 e. The van der Waals surface area contributed by atoms with Crippen molar-refractivity contribution < 1.29 is 4.74 Å². The van der Waals surface area contributed by atoms with Crippen LogP contribution in [0, 0.1) is 13.8 Å². The van der Waals surface area contributed by atoms with E-state index in [9.17, 15) is 0 Å². The maximum Gasteiger partial charge on any atom is 0.122 e. The van der Waals surface area contributed by atoms with Gasteiger partial charge in [-0.3, -0.25) is 0 Å². The Labute approximate surface area is 104 Å². The summed E-state index contributed by atoms with van der Waals surface area (Å²) >= 11 is 0. The molecule has 1 aromatic rings. The maximum atomic E-state index is 5.59. The molecular weight excluding hydrogens is 210 g/mol. The third kappa shape index (κ3) is 3.60. The van der Waals surface area contributed by atoms with Crippen molar-refractivity contribution in [2.75, 3.05) is 13.2 Å². The molecule has 0 atom stereocenters. The molecule has 0 spiro atoms. The Morgan fingerprint density at radius 2 is 2.00 bits per heavy atom. The average molecular weight is 233 g/mol. The van der Waals surface area contributed by atoms with Crippen LogP contribution in [0.4, 0.5) is 0 Å². The first-order chi connectivity index (χ1) is 8.10. The molecule has 0 aliphatic heterocycles. The molecule has 0 aromatic heterocycles. The number of hydrogen-bond acceptors (Lipinski definition) is 2. The SMILES string of the molecule is CCOc1cc(C)c(/C(C)=C/CCN)cc1C. The molecule has 0 bridgehead atoms. The molecule has 1 aromatic carbocycles. The van der Waals surface area contributed by atoms with Gasteiger partial charge in [-0.2, -0.15) is 0 Å². The minimum Gasteiger partial charge on any atom is -0.494 e. The molecule has 0 radical (unpaired) electrons. The summed E-state index contributed by atoms with van der Waals surface area (Å²) in [4.78, 5) is 0. The molecule has 2 nitrogen and oxygen atoms in total. The van der Waals surface area contributed by atoms with Crippen molar-refractivity contribution in [1.82, 2.24) is 0 Å². The van der Waals surface area contributed by atoms with Crippen molar-refractivity contribution in [2.45, 2.75) is 34.1 Å². The normalized spacial score (nSPS) is 11.7. The van der Waals surface area contributed by atoms with Gasteiger partial charge >= 0.3 is 0 Å². The van der Waals surface area contributed by atoms with Crippen molar-refractivity contribution >= 4 is 5.57 Å². The van der Waals surface area contributed by atoms with Crippen molar-refractivity contribution in [2.24, 2.45) is 5.73 Å². The first-order valence-corrected chi connectivity index (χ1v) is 6.21. The van der Waals surface area contributed by atoms with Crippen LogP contribution in [-0.2, 0) is 0 Å². The van der Waals surface area contributed by atoms with Crippen LogP contribution in [0.25, 0.3) is 5.57 Å². The van der Waals surface area contributed by atoms with E-state index < -0.39 is 0 Å². The fourth-order valence-electron chi connectivity index (χ4n) is 1.94. The molecule has 0 aliphatic carbocycles. The second-order valence-corrected chi connectivity index (χ2v) is 4.33. The summed E-state index contributed by atoms with van der Waals surface area (Å²) in [7, 11) is 0. The van der Waals surface area contributed by atoms with Gasteiger partial charge in [0.1, 0.15) is 5.75 Å². The van der Waals surface area contributed by atoms with Gasteiger partial charge in [0.05, 0.1) is 6.61 Å². The summed E-state index contributed by atoms with van der Waals surface area (Å²) in [5.41, 5.74) is 10.5. The van der Waals surface area contributed by atoms with E-state index >= 15 is 0 Å². The minimum absolute atomic E-state index is 0.701. The molecule has 0 fully saturated rings. The quantitative estimate of drug-likeness (QED) is 0.845. The van der Waals surface area contributed by atoms with Gasteiger partial charge in [-0.1, -0.05) is 6.08 Å². The zero-order chi connectivity index (χ0) is 12.8. The second-order valence-electron chi connectivity index (χ2n) is 4.33. The van der Waals surface area contributed by atoms with Crippen molar-refractivity contribution in [1.29, 1.82) is 0 Å². The lowest BCUT2D eigenvalue weighted by molar-refractivity contribution is 0.337. The highest BCUT2D eigenvalue weighted by Gasteiger charge is 2.06. The zero-order valence-corrected chi connectivity index (χ0v) is 11.3. The van der Waals surface area contributed by atoms with Crippen LogP contribution in [-0.4, -0.2) is 13.2 Å². The summed E-state index contributed by atoms with van der Waals surface area (Å²) in [5, 5.41) is 0. The molecule has 2 N–H and O–H groups in total. The standard InChI is InChI=1S/C15H23NO/c1-5-17-15-10-12(3)14(9-13(15)4)11(2)7-6-8-16/h7,9-10H,5-6,8,16H2,1-4H3/b11-7+. The highest BCUT2D eigenvalue weighted by Crippen LogP contribution is 2.27. The fraction of sp³-hybridized carbons (Fsp3) is 0.467. The third-order valence-electron chi connectivity index (χ3n) is 2.86. The van der Waals surface area contributed by atoms with E-state index in [1.165, 1.54) is 22.3 Å². The van der Waals surface area contributed by atoms with Crippen LogP contribution in [0.15, 0.2) is 18.2 Å². The lowest BCUT2D eigenvalue weighted by Gasteiger charge is -2.13. The van der Waals surface area contributed by atoms with E-state index in [2.05, 4.69) is 39.0 Å². The molecule has 0 unspecified atom stereocenters. The Morgan fingerprint density at radius 3 is 2.59 bits per heavy atom. The van der Waals surface area contributed by atoms with E-state index in [-0.39, 0.29) is 0 Å². The molecule has 0 heterocycles. The Bertz CT molecular complexity index is 408.